The smallest absolute Gasteiger partial charge is 0.286 e. The first-order valence-corrected chi connectivity index (χ1v) is 12.1. The van der Waals surface area contributed by atoms with Crippen LogP contribution < -0.4 is 5.32 Å². The number of rotatable bonds is 5. The molecular weight excluding hydrogens is 439 g/mol. The van der Waals surface area contributed by atoms with Crippen LogP contribution in [0.5, 0.6) is 0 Å². The van der Waals surface area contributed by atoms with Crippen molar-refractivity contribution in [3.8, 4) is 0 Å². The summed E-state index contributed by atoms with van der Waals surface area (Å²) < 4.78 is 41.2. The molecule has 1 saturated heterocycles. The minimum absolute atomic E-state index is 0.0239. The molecule has 0 atom stereocenters. The number of anilines is 1. The number of hydrogen-bond donors (Lipinski definition) is 1. The highest BCUT2D eigenvalue weighted by Crippen LogP contribution is 2.33. The molecule has 0 saturated carbocycles. The second kappa shape index (κ2) is 8.81. The van der Waals surface area contributed by atoms with Gasteiger partial charge in [-0.1, -0.05) is 41.7 Å². The Labute approximate surface area is 184 Å². The number of nitrogens with zero attached hydrogens (tertiary/aromatic N) is 3. The van der Waals surface area contributed by atoms with Crippen molar-refractivity contribution >= 4 is 33.0 Å². The van der Waals surface area contributed by atoms with Crippen LogP contribution in [0.3, 0.4) is 0 Å². The van der Waals surface area contributed by atoms with E-state index in [0.717, 1.165) is 16.9 Å². The standard InChI is InChI=1S/C21H21FN4O3S2/c1-14-6-2-5-9-18(14)31(28,29)26-12-10-15(11-13-26)20-24-25-21(30-20)19(27)23-17-8-4-3-7-16(17)22/h2-9,15H,10-13H2,1H3,(H,23,27). The summed E-state index contributed by atoms with van der Waals surface area (Å²) >= 11 is 1.16. The van der Waals surface area contributed by atoms with Crippen LogP contribution in [0.25, 0.3) is 0 Å². The monoisotopic (exact) mass is 460 g/mol. The van der Waals surface area contributed by atoms with Crippen LogP contribution in [0.1, 0.15) is 39.1 Å². The lowest BCUT2D eigenvalue weighted by Crippen LogP contribution is -2.38. The van der Waals surface area contributed by atoms with Crippen molar-refractivity contribution in [2.75, 3.05) is 18.4 Å². The minimum atomic E-state index is -3.54. The number of para-hydroxylation sites is 1. The molecule has 2 aromatic carbocycles. The molecule has 162 valence electrons. The van der Waals surface area contributed by atoms with Gasteiger partial charge in [-0.15, -0.1) is 10.2 Å². The van der Waals surface area contributed by atoms with E-state index in [4.69, 9.17) is 0 Å². The fraction of sp³-hybridized carbons (Fsp3) is 0.286. The van der Waals surface area contributed by atoms with Gasteiger partial charge < -0.3 is 5.32 Å². The quantitative estimate of drug-likeness (QED) is 0.625. The van der Waals surface area contributed by atoms with E-state index in [0.29, 0.717) is 35.8 Å². The van der Waals surface area contributed by atoms with Gasteiger partial charge in [-0.2, -0.15) is 4.31 Å². The van der Waals surface area contributed by atoms with Gasteiger partial charge in [-0.25, -0.2) is 12.8 Å². The summed E-state index contributed by atoms with van der Waals surface area (Å²) in [5.41, 5.74) is 0.804. The Hall–Kier alpha value is -2.69. The third kappa shape index (κ3) is 4.51. The Balaban J connectivity index is 1.41. The second-order valence-electron chi connectivity index (χ2n) is 7.32. The lowest BCUT2D eigenvalue weighted by atomic mass is 9.99. The van der Waals surface area contributed by atoms with Gasteiger partial charge >= 0.3 is 0 Å². The number of carbonyl (C=O) groups excluding carboxylic acids is 1. The number of aryl methyl sites for hydroxylation is 1. The summed E-state index contributed by atoms with van der Waals surface area (Å²) in [5, 5.41) is 11.4. The number of nitrogens with one attached hydrogen (secondary N) is 1. The van der Waals surface area contributed by atoms with Gasteiger partial charge in [-0.05, 0) is 43.5 Å². The number of aromatic nitrogens is 2. The fourth-order valence-corrected chi connectivity index (χ4v) is 6.16. The molecule has 3 aromatic rings. The molecule has 2 heterocycles. The van der Waals surface area contributed by atoms with Crippen LogP contribution >= 0.6 is 11.3 Å². The average Bonchev–Trinajstić information content (AvgIpc) is 3.26. The van der Waals surface area contributed by atoms with E-state index in [-0.39, 0.29) is 16.6 Å². The molecule has 1 N–H and O–H groups in total. The summed E-state index contributed by atoms with van der Waals surface area (Å²) in [5.74, 6) is -1.02. The third-order valence-corrected chi connectivity index (χ3v) is 8.41. The zero-order valence-corrected chi connectivity index (χ0v) is 18.4. The van der Waals surface area contributed by atoms with E-state index in [2.05, 4.69) is 15.5 Å². The van der Waals surface area contributed by atoms with E-state index >= 15 is 0 Å². The molecule has 0 aliphatic carbocycles. The SMILES string of the molecule is Cc1ccccc1S(=O)(=O)N1CCC(c2nnc(C(=O)Nc3ccccc3F)s2)CC1. The molecule has 1 aliphatic heterocycles. The number of piperidine rings is 1. The molecule has 0 spiro atoms. The molecule has 31 heavy (non-hydrogen) atoms. The van der Waals surface area contributed by atoms with Crippen LogP contribution in [0.15, 0.2) is 53.4 Å². The number of halogens is 1. The Morgan fingerprint density at radius 3 is 2.48 bits per heavy atom. The molecule has 1 aromatic heterocycles. The molecule has 0 radical (unpaired) electrons. The number of hydrogen-bond acceptors (Lipinski definition) is 6. The van der Waals surface area contributed by atoms with Crippen molar-refractivity contribution in [2.45, 2.75) is 30.6 Å². The normalized spacial score (nSPS) is 15.7. The third-order valence-electron chi connectivity index (χ3n) is 5.27. The summed E-state index contributed by atoms with van der Waals surface area (Å²) in [6.07, 6.45) is 1.18. The van der Waals surface area contributed by atoms with Crippen molar-refractivity contribution < 1.29 is 17.6 Å². The maximum Gasteiger partial charge on any atom is 0.286 e. The minimum Gasteiger partial charge on any atom is -0.317 e. The average molecular weight is 461 g/mol. The summed E-state index contributed by atoms with van der Waals surface area (Å²) in [4.78, 5) is 12.7. The predicted molar refractivity (Wildman–Crippen MR) is 116 cm³/mol. The first-order valence-electron chi connectivity index (χ1n) is 9.81. The van der Waals surface area contributed by atoms with E-state index < -0.39 is 21.7 Å². The molecule has 1 amide bonds. The first-order chi connectivity index (χ1) is 14.9. The molecule has 0 bridgehead atoms. The van der Waals surface area contributed by atoms with Gasteiger partial charge in [0.2, 0.25) is 15.0 Å². The van der Waals surface area contributed by atoms with Crippen molar-refractivity contribution in [3.63, 3.8) is 0 Å². The van der Waals surface area contributed by atoms with Gasteiger partial charge in [-0.3, -0.25) is 4.79 Å². The Kier molecular flexibility index (Phi) is 6.12. The molecule has 4 rings (SSSR count). The maximum absolute atomic E-state index is 13.7. The van der Waals surface area contributed by atoms with Crippen molar-refractivity contribution in [1.82, 2.24) is 14.5 Å². The lowest BCUT2D eigenvalue weighted by molar-refractivity contribution is 0.102. The van der Waals surface area contributed by atoms with E-state index in [1.165, 1.54) is 16.4 Å². The van der Waals surface area contributed by atoms with E-state index in [1.807, 2.05) is 6.07 Å². The molecule has 7 nitrogen and oxygen atoms in total. The second-order valence-corrected chi connectivity index (χ2v) is 10.2. The van der Waals surface area contributed by atoms with Crippen LogP contribution in [0.4, 0.5) is 10.1 Å². The zero-order chi connectivity index (χ0) is 22.0. The first kappa shape index (κ1) is 21.5. The van der Waals surface area contributed by atoms with Crippen LogP contribution in [-0.4, -0.2) is 41.9 Å². The highest BCUT2D eigenvalue weighted by Gasteiger charge is 2.32. The molecule has 1 aliphatic rings. The van der Waals surface area contributed by atoms with Gasteiger partial charge in [0, 0.05) is 19.0 Å². The summed E-state index contributed by atoms with van der Waals surface area (Å²) in [6, 6.07) is 12.9. The van der Waals surface area contributed by atoms with Gasteiger partial charge in [0.25, 0.3) is 5.91 Å². The topological polar surface area (TPSA) is 92.3 Å². The van der Waals surface area contributed by atoms with Crippen LogP contribution in [-0.2, 0) is 10.0 Å². The highest BCUT2D eigenvalue weighted by atomic mass is 32.2. The Bertz CT molecular complexity index is 1200. The highest BCUT2D eigenvalue weighted by molar-refractivity contribution is 7.89. The molecule has 0 unspecified atom stereocenters. The van der Waals surface area contributed by atoms with Crippen molar-refractivity contribution in [1.29, 1.82) is 0 Å². The van der Waals surface area contributed by atoms with E-state index in [9.17, 15) is 17.6 Å². The van der Waals surface area contributed by atoms with Crippen LogP contribution in [0.2, 0.25) is 0 Å². The number of carbonyl (C=O) groups is 1. The lowest BCUT2D eigenvalue weighted by Gasteiger charge is -2.30. The van der Waals surface area contributed by atoms with Gasteiger partial charge in [0.15, 0.2) is 0 Å². The number of sulfonamides is 1. The summed E-state index contributed by atoms with van der Waals surface area (Å²) in [7, 11) is -3.54. The van der Waals surface area contributed by atoms with Crippen molar-refractivity contribution in [3.05, 3.63) is 69.9 Å². The van der Waals surface area contributed by atoms with E-state index in [1.54, 1.807) is 37.3 Å². The van der Waals surface area contributed by atoms with Gasteiger partial charge in [0.05, 0.1) is 10.6 Å². The zero-order valence-electron chi connectivity index (χ0n) is 16.8. The number of amides is 1. The number of benzene rings is 2. The Morgan fingerprint density at radius 2 is 1.77 bits per heavy atom. The molecule has 10 heteroatoms. The van der Waals surface area contributed by atoms with Gasteiger partial charge in [0.1, 0.15) is 10.8 Å². The summed E-state index contributed by atoms with van der Waals surface area (Å²) in [6.45, 7) is 2.53. The maximum atomic E-state index is 13.7. The van der Waals surface area contributed by atoms with Crippen LogP contribution in [0, 0.1) is 12.7 Å². The Morgan fingerprint density at radius 1 is 1.10 bits per heavy atom. The van der Waals surface area contributed by atoms with Crippen molar-refractivity contribution in [2.24, 2.45) is 0 Å². The predicted octanol–water partition coefficient (Wildman–Crippen LogP) is 3.81. The fourth-order valence-electron chi connectivity index (χ4n) is 3.56. The molecule has 1 fully saturated rings. The molecular formula is C21H21FN4O3S2. The largest absolute Gasteiger partial charge is 0.317 e.